The lowest BCUT2D eigenvalue weighted by Crippen LogP contribution is -2.31. The maximum absolute atomic E-state index is 12.3. The van der Waals surface area contributed by atoms with Crippen LogP contribution in [0.1, 0.15) is 26.3 Å². The van der Waals surface area contributed by atoms with Crippen LogP contribution in [0.3, 0.4) is 0 Å². The van der Waals surface area contributed by atoms with Gasteiger partial charge in [0.05, 0.1) is 17.2 Å². The number of rotatable bonds is 4. The molecule has 0 radical (unpaired) electrons. The van der Waals surface area contributed by atoms with Gasteiger partial charge in [0, 0.05) is 0 Å². The van der Waals surface area contributed by atoms with E-state index in [0.29, 0.717) is 17.3 Å². The maximum Gasteiger partial charge on any atom is 0.326 e. The first-order valence-electron chi connectivity index (χ1n) is 6.19. The standard InChI is InChI=1S/C14H16N2O3/c1-9(2)7-12(14(18)19)16-8-15-11-6-4-3-5-10(11)13(16)17/h3-6,8-9,12H,7H2,1-2H3,(H,18,19). The van der Waals surface area contributed by atoms with Crippen molar-refractivity contribution in [2.45, 2.75) is 26.3 Å². The molecule has 0 aliphatic carbocycles. The van der Waals surface area contributed by atoms with Gasteiger partial charge >= 0.3 is 5.97 Å². The molecule has 1 unspecified atom stereocenters. The van der Waals surface area contributed by atoms with E-state index >= 15 is 0 Å². The average Bonchev–Trinajstić information content (AvgIpc) is 2.37. The number of fused-ring (bicyclic) bond motifs is 1. The third kappa shape index (κ3) is 2.65. The highest BCUT2D eigenvalue weighted by Crippen LogP contribution is 2.17. The summed E-state index contributed by atoms with van der Waals surface area (Å²) in [6.45, 7) is 3.85. The molecular weight excluding hydrogens is 244 g/mol. The molecule has 0 saturated carbocycles. The quantitative estimate of drug-likeness (QED) is 0.913. The van der Waals surface area contributed by atoms with Gasteiger partial charge in [-0.1, -0.05) is 26.0 Å². The minimum absolute atomic E-state index is 0.180. The van der Waals surface area contributed by atoms with Crippen LogP contribution >= 0.6 is 0 Å². The summed E-state index contributed by atoms with van der Waals surface area (Å²) >= 11 is 0. The van der Waals surface area contributed by atoms with Crippen molar-refractivity contribution in [3.63, 3.8) is 0 Å². The van der Waals surface area contributed by atoms with Crippen LogP contribution in [0.5, 0.6) is 0 Å². The second-order valence-electron chi connectivity index (χ2n) is 4.96. The number of nitrogens with zero attached hydrogens (tertiary/aromatic N) is 2. The van der Waals surface area contributed by atoms with Crippen LogP contribution in [-0.4, -0.2) is 20.6 Å². The van der Waals surface area contributed by atoms with Crippen LogP contribution in [0.2, 0.25) is 0 Å². The van der Waals surface area contributed by atoms with Crippen LogP contribution in [-0.2, 0) is 4.79 Å². The molecule has 1 heterocycles. The number of hydrogen-bond donors (Lipinski definition) is 1. The number of carboxylic acids is 1. The van der Waals surface area contributed by atoms with Crippen LogP contribution in [0.15, 0.2) is 35.4 Å². The zero-order chi connectivity index (χ0) is 14.0. The van der Waals surface area contributed by atoms with E-state index in [1.54, 1.807) is 24.3 Å². The first kappa shape index (κ1) is 13.3. The van der Waals surface area contributed by atoms with Crippen molar-refractivity contribution in [2.24, 2.45) is 5.92 Å². The van der Waals surface area contributed by atoms with Crippen LogP contribution in [0.25, 0.3) is 10.9 Å². The van der Waals surface area contributed by atoms with Crippen molar-refractivity contribution in [1.29, 1.82) is 0 Å². The van der Waals surface area contributed by atoms with Gasteiger partial charge < -0.3 is 5.11 Å². The molecule has 2 rings (SSSR count). The molecule has 0 amide bonds. The molecular formula is C14H16N2O3. The van der Waals surface area contributed by atoms with Gasteiger partial charge in [0.1, 0.15) is 6.04 Å². The van der Waals surface area contributed by atoms with Gasteiger partial charge in [-0.25, -0.2) is 9.78 Å². The monoisotopic (exact) mass is 260 g/mol. The Hall–Kier alpha value is -2.17. The predicted octanol–water partition coefficient (Wildman–Crippen LogP) is 2.07. The lowest BCUT2D eigenvalue weighted by Gasteiger charge is -2.17. The number of para-hydroxylation sites is 1. The normalized spacial score (nSPS) is 12.8. The van der Waals surface area contributed by atoms with E-state index in [2.05, 4.69) is 4.98 Å². The van der Waals surface area contributed by atoms with Crippen molar-refractivity contribution in [2.75, 3.05) is 0 Å². The lowest BCUT2D eigenvalue weighted by molar-refractivity contribution is -0.141. The Balaban J connectivity index is 2.57. The van der Waals surface area contributed by atoms with Gasteiger partial charge in [0.2, 0.25) is 0 Å². The molecule has 0 aliphatic rings. The molecule has 19 heavy (non-hydrogen) atoms. The molecule has 0 saturated heterocycles. The van der Waals surface area contributed by atoms with E-state index in [9.17, 15) is 14.7 Å². The predicted molar refractivity (Wildman–Crippen MR) is 72.1 cm³/mol. The summed E-state index contributed by atoms with van der Waals surface area (Å²) in [7, 11) is 0. The first-order valence-corrected chi connectivity index (χ1v) is 6.19. The molecule has 0 fully saturated rings. The maximum atomic E-state index is 12.3. The number of benzene rings is 1. The van der Waals surface area contributed by atoms with Gasteiger partial charge in [-0.05, 0) is 24.5 Å². The summed E-state index contributed by atoms with van der Waals surface area (Å²) in [6, 6.07) is 6.06. The smallest absolute Gasteiger partial charge is 0.326 e. The molecule has 0 spiro atoms. The molecule has 1 atom stereocenters. The zero-order valence-electron chi connectivity index (χ0n) is 10.9. The third-order valence-corrected chi connectivity index (χ3v) is 3.01. The number of hydrogen-bond acceptors (Lipinski definition) is 3. The van der Waals surface area contributed by atoms with Crippen molar-refractivity contribution in [1.82, 2.24) is 9.55 Å². The second kappa shape index (κ2) is 5.22. The molecule has 1 aromatic heterocycles. The topological polar surface area (TPSA) is 72.2 Å². The number of aliphatic carboxylic acids is 1. The van der Waals surface area contributed by atoms with E-state index in [1.165, 1.54) is 10.9 Å². The summed E-state index contributed by atoms with van der Waals surface area (Å²) in [5.41, 5.74) is 0.274. The molecule has 0 bridgehead atoms. The van der Waals surface area contributed by atoms with E-state index in [-0.39, 0.29) is 11.5 Å². The fourth-order valence-electron chi connectivity index (χ4n) is 2.08. The minimum atomic E-state index is -1.01. The van der Waals surface area contributed by atoms with E-state index in [0.717, 1.165) is 0 Å². The Labute approximate surface area is 110 Å². The Morgan fingerprint density at radius 1 is 1.37 bits per heavy atom. The Morgan fingerprint density at radius 2 is 2.05 bits per heavy atom. The summed E-state index contributed by atoms with van der Waals surface area (Å²) in [5, 5.41) is 9.73. The van der Waals surface area contributed by atoms with E-state index < -0.39 is 12.0 Å². The summed E-state index contributed by atoms with van der Waals surface area (Å²) < 4.78 is 1.21. The van der Waals surface area contributed by atoms with Gasteiger partial charge in [0.15, 0.2) is 0 Å². The Bertz CT molecular complexity index is 661. The fraction of sp³-hybridized carbons (Fsp3) is 0.357. The third-order valence-electron chi connectivity index (χ3n) is 3.01. The highest BCUT2D eigenvalue weighted by atomic mass is 16.4. The summed E-state index contributed by atoms with van der Waals surface area (Å²) in [6.07, 6.45) is 1.72. The van der Waals surface area contributed by atoms with Gasteiger partial charge in [-0.2, -0.15) is 0 Å². The number of carboxylic acid groups (broad SMARTS) is 1. The fourth-order valence-corrected chi connectivity index (χ4v) is 2.08. The Kier molecular flexibility index (Phi) is 3.64. The number of carbonyl (C=O) groups is 1. The zero-order valence-corrected chi connectivity index (χ0v) is 10.9. The first-order chi connectivity index (χ1) is 9.00. The summed E-state index contributed by atoms with van der Waals surface area (Å²) in [5.74, 6) is -0.827. The van der Waals surface area contributed by atoms with Crippen molar-refractivity contribution < 1.29 is 9.90 Å². The van der Waals surface area contributed by atoms with Gasteiger partial charge in [-0.3, -0.25) is 9.36 Å². The average molecular weight is 260 g/mol. The molecule has 1 N–H and O–H groups in total. The molecule has 100 valence electrons. The van der Waals surface area contributed by atoms with Gasteiger partial charge in [0.25, 0.3) is 5.56 Å². The van der Waals surface area contributed by atoms with Crippen LogP contribution in [0.4, 0.5) is 0 Å². The van der Waals surface area contributed by atoms with Crippen molar-refractivity contribution in [3.05, 3.63) is 40.9 Å². The van der Waals surface area contributed by atoms with E-state index in [1.807, 2.05) is 13.8 Å². The highest BCUT2D eigenvalue weighted by Gasteiger charge is 2.22. The largest absolute Gasteiger partial charge is 0.480 e. The SMILES string of the molecule is CC(C)CC(C(=O)O)n1cnc2ccccc2c1=O. The van der Waals surface area contributed by atoms with Crippen molar-refractivity contribution in [3.8, 4) is 0 Å². The second-order valence-corrected chi connectivity index (χ2v) is 4.96. The lowest BCUT2D eigenvalue weighted by atomic mass is 10.0. The number of aromatic nitrogens is 2. The molecule has 5 nitrogen and oxygen atoms in total. The Morgan fingerprint density at radius 3 is 2.68 bits per heavy atom. The molecule has 5 heteroatoms. The molecule has 1 aromatic carbocycles. The molecule has 2 aromatic rings. The molecule has 0 aliphatic heterocycles. The summed E-state index contributed by atoms with van der Waals surface area (Å²) in [4.78, 5) is 27.8. The van der Waals surface area contributed by atoms with Gasteiger partial charge in [-0.15, -0.1) is 0 Å². The minimum Gasteiger partial charge on any atom is -0.480 e. The van der Waals surface area contributed by atoms with E-state index in [4.69, 9.17) is 0 Å². The van der Waals surface area contributed by atoms with Crippen LogP contribution in [0, 0.1) is 5.92 Å². The highest BCUT2D eigenvalue weighted by molar-refractivity contribution is 5.78. The van der Waals surface area contributed by atoms with Crippen LogP contribution < -0.4 is 5.56 Å². The van der Waals surface area contributed by atoms with Crippen molar-refractivity contribution >= 4 is 16.9 Å².